The zero-order valence-corrected chi connectivity index (χ0v) is 16.5. The van der Waals surface area contributed by atoms with Crippen molar-refractivity contribution in [2.75, 3.05) is 6.54 Å². The largest absolute Gasteiger partial charge is 0.368 e. The molecule has 0 unspecified atom stereocenters. The fraction of sp³-hybridized carbons (Fsp3) is 0.389. The number of nitrogens with two attached hydrogens (primary N) is 1. The molecule has 25 heavy (non-hydrogen) atoms. The summed E-state index contributed by atoms with van der Waals surface area (Å²) in [5, 5.41) is -0.387. The molecular weight excluding hydrogens is 404 g/mol. The number of hydrogen-bond donors (Lipinski definition) is 1. The third kappa shape index (κ3) is 5.71. The van der Waals surface area contributed by atoms with Gasteiger partial charge in [-0.25, -0.2) is 0 Å². The fourth-order valence-corrected chi connectivity index (χ4v) is 3.89. The fourth-order valence-electron chi connectivity index (χ4n) is 2.65. The van der Waals surface area contributed by atoms with Gasteiger partial charge in [-0.3, -0.25) is 19.3 Å². The van der Waals surface area contributed by atoms with Crippen LogP contribution in [0, 0.1) is 6.92 Å². The summed E-state index contributed by atoms with van der Waals surface area (Å²) in [5.74, 6) is -1.02. The van der Waals surface area contributed by atoms with Gasteiger partial charge < -0.3 is 5.73 Å². The summed E-state index contributed by atoms with van der Waals surface area (Å²) in [7, 11) is 0. The molecule has 0 atom stereocenters. The lowest BCUT2D eigenvalue weighted by atomic mass is 9.94. The highest BCUT2D eigenvalue weighted by atomic mass is 79.9. The van der Waals surface area contributed by atoms with Crippen molar-refractivity contribution < 1.29 is 14.4 Å². The van der Waals surface area contributed by atoms with E-state index in [1.54, 1.807) is 0 Å². The van der Waals surface area contributed by atoms with Gasteiger partial charge in [-0.2, -0.15) is 0 Å². The van der Waals surface area contributed by atoms with Gasteiger partial charge in [0.15, 0.2) is 0 Å². The summed E-state index contributed by atoms with van der Waals surface area (Å²) in [6.07, 6.45) is 5.07. The minimum Gasteiger partial charge on any atom is -0.368 e. The lowest BCUT2D eigenvalue weighted by Gasteiger charge is -2.15. The molecule has 1 saturated carbocycles. The molecule has 0 aromatic heterocycles. The van der Waals surface area contributed by atoms with Gasteiger partial charge >= 0.3 is 0 Å². The Morgan fingerprint density at radius 3 is 2.28 bits per heavy atom. The Morgan fingerprint density at radius 1 is 1.16 bits per heavy atom. The number of halogens is 1. The molecular formula is C18H21BrN2O3S. The van der Waals surface area contributed by atoms with Crippen LogP contribution in [0.5, 0.6) is 0 Å². The molecule has 1 aromatic rings. The quantitative estimate of drug-likeness (QED) is 0.723. The van der Waals surface area contributed by atoms with Gasteiger partial charge in [-0.05, 0) is 56.5 Å². The molecule has 2 aliphatic rings. The molecule has 3 rings (SSSR count). The highest BCUT2D eigenvalue weighted by Crippen LogP contribution is 2.37. The predicted octanol–water partition coefficient (Wildman–Crippen LogP) is 4.14. The van der Waals surface area contributed by atoms with Gasteiger partial charge in [0.1, 0.15) is 6.54 Å². The minimum absolute atomic E-state index is 0.318. The average Bonchev–Trinajstić information content (AvgIpc) is 2.87. The first kappa shape index (κ1) is 19.7. The van der Waals surface area contributed by atoms with Crippen LogP contribution in [-0.4, -0.2) is 28.5 Å². The smallest absolute Gasteiger partial charge is 0.294 e. The van der Waals surface area contributed by atoms with Crippen LogP contribution >= 0.6 is 27.7 Å². The van der Waals surface area contributed by atoms with Gasteiger partial charge in [-0.1, -0.05) is 45.6 Å². The topological polar surface area (TPSA) is 80.5 Å². The number of nitrogens with zero attached hydrogens (tertiary/aromatic N) is 1. The van der Waals surface area contributed by atoms with Crippen molar-refractivity contribution >= 4 is 44.7 Å². The van der Waals surface area contributed by atoms with Gasteiger partial charge in [0.05, 0.1) is 4.91 Å². The normalized spacial score (nSPS) is 17.4. The van der Waals surface area contributed by atoms with Crippen molar-refractivity contribution in [3.05, 3.63) is 44.8 Å². The monoisotopic (exact) mass is 424 g/mol. The Morgan fingerprint density at radius 2 is 1.76 bits per heavy atom. The first-order valence-electron chi connectivity index (χ1n) is 8.14. The van der Waals surface area contributed by atoms with Crippen LogP contribution in [-0.2, 0) is 9.59 Å². The van der Waals surface area contributed by atoms with E-state index in [1.807, 2.05) is 12.1 Å². The zero-order valence-electron chi connectivity index (χ0n) is 14.1. The molecule has 1 aliphatic carbocycles. The number of hydrogen-bond acceptors (Lipinski definition) is 4. The molecule has 1 aliphatic heterocycles. The molecule has 2 fully saturated rings. The number of allylic oxidation sites excluding steroid dienone is 1. The Hall–Kier alpha value is -1.60. The Bertz CT molecular complexity index is 672. The standard InChI is InChI=1S/C11H14N2O3S.C7H7Br/c12-8(14)6-13-10(15)9(17-11(13)16)7-4-2-1-3-5-7;1-6-2-4-7(8)5-3-6/h1-6H2,(H2,12,14);2-5H,1H3. The maximum atomic E-state index is 12.0. The molecule has 7 heteroatoms. The number of benzene rings is 1. The predicted molar refractivity (Wildman–Crippen MR) is 103 cm³/mol. The molecule has 5 nitrogen and oxygen atoms in total. The molecule has 3 amide bonds. The van der Waals surface area contributed by atoms with Crippen molar-refractivity contribution in [3.8, 4) is 0 Å². The van der Waals surface area contributed by atoms with Crippen molar-refractivity contribution in [2.24, 2.45) is 5.73 Å². The summed E-state index contributed by atoms with van der Waals surface area (Å²) in [5.41, 5.74) is 7.37. The van der Waals surface area contributed by atoms with Crippen molar-refractivity contribution in [1.29, 1.82) is 0 Å². The molecule has 1 aromatic carbocycles. The van der Waals surface area contributed by atoms with E-state index in [4.69, 9.17) is 5.73 Å². The van der Waals surface area contributed by atoms with Crippen molar-refractivity contribution in [3.63, 3.8) is 0 Å². The third-order valence-corrected chi connectivity index (χ3v) is 5.54. The lowest BCUT2D eigenvalue weighted by molar-refractivity contribution is -0.128. The van der Waals surface area contributed by atoms with Crippen LogP contribution in [0.2, 0.25) is 0 Å². The Balaban J connectivity index is 0.000000236. The summed E-state index contributed by atoms with van der Waals surface area (Å²) in [6.45, 7) is 1.76. The van der Waals surface area contributed by atoms with E-state index in [0.717, 1.165) is 52.4 Å². The SMILES string of the molecule is Cc1ccc(Br)cc1.NC(=O)CN1C(=O)SC(=C2CCCCC2)C1=O. The molecule has 134 valence electrons. The average molecular weight is 425 g/mol. The molecule has 0 radical (unpaired) electrons. The van der Waals surface area contributed by atoms with E-state index in [0.29, 0.717) is 4.91 Å². The van der Waals surface area contributed by atoms with Gasteiger partial charge in [-0.15, -0.1) is 0 Å². The highest BCUT2D eigenvalue weighted by Gasteiger charge is 2.37. The second-order valence-electron chi connectivity index (χ2n) is 6.01. The van der Waals surface area contributed by atoms with Gasteiger partial charge in [0, 0.05) is 4.47 Å². The highest BCUT2D eigenvalue weighted by molar-refractivity contribution is 9.10. The molecule has 0 bridgehead atoms. The molecule has 0 spiro atoms. The number of imide groups is 1. The maximum Gasteiger partial charge on any atom is 0.294 e. The maximum absolute atomic E-state index is 12.0. The van der Waals surface area contributed by atoms with Crippen LogP contribution < -0.4 is 5.73 Å². The van der Waals surface area contributed by atoms with E-state index in [2.05, 4.69) is 35.0 Å². The van der Waals surface area contributed by atoms with Crippen LogP contribution in [0.25, 0.3) is 0 Å². The summed E-state index contributed by atoms with van der Waals surface area (Å²) < 4.78 is 1.14. The van der Waals surface area contributed by atoms with E-state index in [9.17, 15) is 14.4 Å². The summed E-state index contributed by atoms with van der Waals surface area (Å²) in [6, 6.07) is 8.22. The second kappa shape index (κ2) is 9.20. The first-order chi connectivity index (χ1) is 11.9. The number of carbonyl (C=O) groups is 3. The van der Waals surface area contributed by atoms with Gasteiger partial charge in [0.25, 0.3) is 11.1 Å². The van der Waals surface area contributed by atoms with E-state index < -0.39 is 5.91 Å². The first-order valence-corrected chi connectivity index (χ1v) is 9.75. The van der Waals surface area contributed by atoms with Crippen LogP contribution in [0.4, 0.5) is 4.79 Å². The van der Waals surface area contributed by atoms with Crippen LogP contribution in [0.1, 0.15) is 37.7 Å². The number of amides is 3. The van der Waals surface area contributed by atoms with Crippen LogP contribution in [0.3, 0.4) is 0 Å². The zero-order chi connectivity index (χ0) is 18.4. The summed E-state index contributed by atoms with van der Waals surface area (Å²) >= 11 is 4.28. The molecule has 1 heterocycles. The molecule has 1 saturated heterocycles. The van der Waals surface area contributed by atoms with E-state index in [-0.39, 0.29) is 17.7 Å². The second-order valence-corrected chi connectivity index (χ2v) is 7.89. The van der Waals surface area contributed by atoms with Gasteiger partial charge in [0.2, 0.25) is 5.91 Å². The number of thioether (sulfide) groups is 1. The molecule has 2 N–H and O–H groups in total. The number of aryl methyl sites for hydroxylation is 1. The van der Waals surface area contributed by atoms with Crippen molar-refractivity contribution in [2.45, 2.75) is 39.0 Å². The summed E-state index contributed by atoms with van der Waals surface area (Å²) in [4.78, 5) is 35.8. The Kier molecular flexibility index (Phi) is 7.25. The lowest BCUT2D eigenvalue weighted by Crippen LogP contribution is -2.36. The number of carbonyl (C=O) groups excluding carboxylic acids is 3. The van der Waals surface area contributed by atoms with E-state index in [1.165, 1.54) is 12.0 Å². The third-order valence-electron chi connectivity index (χ3n) is 3.95. The van der Waals surface area contributed by atoms with Crippen LogP contribution in [0.15, 0.2) is 39.2 Å². The minimum atomic E-state index is -0.665. The van der Waals surface area contributed by atoms with E-state index >= 15 is 0 Å². The Labute approximate surface area is 160 Å². The van der Waals surface area contributed by atoms with Crippen molar-refractivity contribution in [1.82, 2.24) is 4.90 Å². The number of primary amides is 1. The number of rotatable bonds is 2.